The van der Waals surface area contributed by atoms with Crippen molar-refractivity contribution in [2.75, 3.05) is 27.3 Å². The molecule has 0 spiro atoms. The molecule has 168 valence electrons. The minimum Gasteiger partial charge on any atom is -0.497 e. The first-order valence-corrected chi connectivity index (χ1v) is 9.86. The van der Waals surface area contributed by atoms with Crippen molar-refractivity contribution in [2.24, 2.45) is 0 Å². The highest BCUT2D eigenvalue weighted by atomic mass is 16.5. The Kier molecular flexibility index (Phi) is 6.62. The maximum Gasteiger partial charge on any atom is 0.326 e. The molecule has 0 atom stereocenters. The topological polar surface area (TPSA) is 126 Å². The molecule has 3 rings (SSSR count). The molecule has 1 aliphatic heterocycles. The van der Waals surface area contributed by atoms with E-state index in [1.165, 1.54) is 14.2 Å². The first-order valence-electron chi connectivity index (χ1n) is 9.86. The van der Waals surface area contributed by atoms with Crippen molar-refractivity contribution in [3.8, 4) is 11.5 Å². The third kappa shape index (κ3) is 4.20. The van der Waals surface area contributed by atoms with E-state index >= 15 is 0 Å². The number of carbonyl (C=O) groups is 4. The number of nitrogens with one attached hydrogen (secondary N) is 3. The molecular weight excluding hydrogens is 416 g/mol. The van der Waals surface area contributed by atoms with Crippen molar-refractivity contribution < 1.29 is 28.7 Å². The first kappa shape index (κ1) is 22.6. The number of amides is 6. The molecule has 1 fully saturated rings. The Morgan fingerprint density at radius 1 is 0.938 bits per heavy atom. The number of hydrogen-bond acceptors (Lipinski definition) is 6. The number of imide groups is 2. The average Bonchev–Trinajstić information content (AvgIpc) is 3.04. The monoisotopic (exact) mass is 440 g/mol. The van der Waals surface area contributed by atoms with E-state index in [1.54, 1.807) is 55.5 Å². The minimum absolute atomic E-state index is 0.320. The van der Waals surface area contributed by atoms with Gasteiger partial charge in [-0.15, -0.1) is 0 Å². The highest BCUT2D eigenvalue weighted by Crippen LogP contribution is 2.37. The number of nitrogens with zero attached hydrogens (tertiary/aromatic N) is 1. The predicted octanol–water partition coefficient (Wildman–Crippen LogP) is 1.34. The maximum atomic E-state index is 13.6. The molecule has 1 saturated heterocycles. The quantitative estimate of drug-likeness (QED) is 0.558. The van der Waals surface area contributed by atoms with Crippen molar-refractivity contribution in [1.82, 2.24) is 20.9 Å². The molecule has 0 unspecified atom stereocenters. The molecular formula is C22H24N4O6. The van der Waals surface area contributed by atoms with Gasteiger partial charge >= 0.3 is 12.1 Å². The van der Waals surface area contributed by atoms with Crippen LogP contribution in [0.1, 0.15) is 18.1 Å². The number of ether oxygens (including phenoxy) is 2. The zero-order valence-electron chi connectivity index (χ0n) is 17.9. The van der Waals surface area contributed by atoms with Gasteiger partial charge in [0, 0.05) is 6.54 Å². The zero-order valence-corrected chi connectivity index (χ0v) is 17.9. The third-order valence-electron chi connectivity index (χ3n) is 5.04. The summed E-state index contributed by atoms with van der Waals surface area (Å²) in [6.45, 7) is 1.40. The van der Waals surface area contributed by atoms with E-state index in [4.69, 9.17) is 9.47 Å². The van der Waals surface area contributed by atoms with Gasteiger partial charge in [0.05, 0.1) is 14.2 Å². The van der Waals surface area contributed by atoms with E-state index in [1.807, 2.05) is 0 Å². The summed E-state index contributed by atoms with van der Waals surface area (Å²) in [7, 11) is 3.04. The molecule has 2 aromatic rings. The molecule has 10 heteroatoms. The number of urea groups is 2. The lowest BCUT2D eigenvalue weighted by Gasteiger charge is -2.28. The van der Waals surface area contributed by atoms with E-state index in [2.05, 4.69) is 16.0 Å². The minimum atomic E-state index is -1.57. The summed E-state index contributed by atoms with van der Waals surface area (Å²) in [6.07, 6.45) is 0. The van der Waals surface area contributed by atoms with Gasteiger partial charge in [0.25, 0.3) is 5.91 Å². The van der Waals surface area contributed by atoms with Crippen LogP contribution in [0.2, 0.25) is 0 Å². The molecule has 0 aliphatic carbocycles. The average molecular weight is 440 g/mol. The van der Waals surface area contributed by atoms with Gasteiger partial charge in [0.2, 0.25) is 5.91 Å². The second-order valence-corrected chi connectivity index (χ2v) is 6.94. The molecule has 0 aromatic heterocycles. The van der Waals surface area contributed by atoms with E-state index in [9.17, 15) is 19.2 Å². The number of rotatable bonds is 7. The van der Waals surface area contributed by atoms with E-state index in [-0.39, 0.29) is 0 Å². The Balaban J connectivity index is 1.99. The molecule has 2 aromatic carbocycles. The summed E-state index contributed by atoms with van der Waals surface area (Å²) in [5, 5.41) is 7.24. The van der Waals surface area contributed by atoms with E-state index in [0.29, 0.717) is 29.2 Å². The maximum absolute atomic E-state index is 13.6. The summed E-state index contributed by atoms with van der Waals surface area (Å²) in [5.74, 6) is -0.286. The number of carbonyl (C=O) groups excluding carboxylic acids is 4. The number of hydrogen-bond donors (Lipinski definition) is 3. The summed E-state index contributed by atoms with van der Waals surface area (Å²) in [6, 6.07) is 11.9. The summed E-state index contributed by atoms with van der Waals surface area (Å²) in [5.41, 5.74) is -0.608. The van der Waals surface area contributed by atoms with Gasteiger partial charge in [-0.1, -0.05) is 24.3 Å². The summed E-state index contributed by atoms with van der Waals surface area (Å²) < 4.78 is 10.4. The zero-order chi connectivity index (χ0) is 23.3. The van der Waals surface area contributed by atoms with Crippen LogP contribution in [0.3, 0.4) is 0 Å². The molecule has 10 nitrogen and oxygen atoms in total. The fourth-order valence-electron chi connectivity index (χ4n) is 3.47. The fourth-order valence-corrected chi connectivity index (χ4v) is 3.47. The lowest BCUT2D eigenvalue weighted by atomic mass is 9.82. The highest BCUT2D eigenvalue weighted by Gasteiger charge is 2.54. The van der Waals surface area contributed by atoms with Crippen molar-refractivity contribution >= 4 is 23.9 Å². The Labute approximate surface area is 184 Å². The largest absolute Gasteiger partial charge is 0.497 e. The molecule has 0 bridgehead atoms. The van der Waals surface area contributed by atoms with Gasteiger partial charge in [-0.05, 0) is 42.3 Å². The highest BCUT2D eigenvalue weighted by molar-refractivity contribution is 6.12. The normalized spacial score (nSPS) is 14.5. The SMILES string of the molecule is CCNC(=O)NC(=O)CN1C(=O)NC(c2ccc(OC)cc2)(c2ccc(OC)cc2)C1=O. The second-order valence-electron chi connectivity index (χ2n) is 6.94. The van der Waals surface area contributed by atoms with Crippen LogP contribution in [-0.4, -0.2) is 56.1 Å². The molecule has 1 heterocycles. The lowest BCUT2D eigenvalue weighted by Crippen LogP contribution is -2.47. The van der Waals surface area contributed by atoms with Gasteiger partial charge in [0.15, 0.2) is 5.54 Å². The van der Waals surface area contributed by atoms with Crippen LogP contribution in [-0.2, 0) is 15.1 Å². The van der Waals surface area contributed by atoms with E-state index in [0.717, 1.165) is 4.90 Å². The Hall–Kier alpha value is -4.08. The first-order chi connectivity index (χ1) is 15.3. The van der Waals surface area contributed by atoms with Crippen LogP contribution in [0.4, 0.5) is 9.59 Å². The fraction of sp³-hybridized carbons (Fsp3) is 0.273. The number of methoxy groups -OCH3 is 2. The molecule has 3 N–H and O–H groups in total. The van der Waals surface area contributed by atoms with Gasteiger partial charge in [-0.25, -0.2) is 9.59 Å². The van der Waals surface area contributed by atoms with Crippen molar-refractivity contribution in [1.29, 1.82) is 0 Å². The Bertz CT molecular complexity index is 972. The van der Waals surface area contributed by atoms with Crippen LogP contribution < -0.4 is 25.4 Å². The third-order valence-corrected chi connectivity index (χ3v) is 5.04. The second kappa shape index (κ2) is 9.38. The van der Waals surface area contributed by atoms with Gasteiger partial charge in [0.1, 0.15) is 18.0 Å². The van der Waals surface area contributed by atoms with Crippen LogP contribution in [0.25, 0.3) is 0 Å². The molecule has 0 saturated carbocycles. The Morgan fingerprint density at radius 2 is 1.44 bits per heavy atom. The molecule has 1 aliphatic rings. The van der Waals surface area contributed by atoms with Gasteiger partial charge in [-0.3, -0.25) is 19.8 Å². The van der Waals surface area contributed by atoms with Crippen LogP contribution >= 0.6 is 0 Å². The molecule has 6 amide bonds. The van der Waals surface area contributed by atoms with Gasteiger partial charge in [-0.2, -0.15) is 0 Å². The Morgan fingerprint density at radius 3 is 1.88 bits per heavy atom. The molecule has 32 heavy (non-hydrogen) atoms. The van der Waals surface area contributed by atoms with Gasteiger partial charge < -0.3 is 20.1 Å². The van der Waals surface area contributed by atoms with Crippen LogP contribution in [0.5, 0.6) is 11.5 Å². The van der Waals surface area contributed by atoms with E-state index < -0.39 is 36.0 Å². The summed E-state index contributed by atoms with van der Waals surface area (Å²) in [4.78, 5) is 51.0. The summed E-state index contributed by atoms with van der Waals surface area (Å²) >= 11 is 0. The van der Waals surface area contributed by atoms with Crippen LogP contribution in [0, 0.1) is 0 Å². The van der Waals surface area contributed by atoms with Crippen molar-refractivity contribution in [3.05, 3.63) is 59.7 Å². The van der Waals surface area contributed by atoms with Crippen molar-refractivity contribution in [3.63, 3.8) is 0 Å². The smallest absolute Gasteiger partial charge is 0.326 e. The van der Waals surface area contributed by atoms with Crippen molar-refractivity contribution in [2.45, 2.75) is 12.5 Å². The lowest BCUT2D eigenvalue weighted by molar-refractivity contribution is -0.134. The molecule has 0 radical (unpaired) electrons. The standard InChI is InChI=1S/C22H24N4O6/c1-4-23-20(29)24-18(27)13-26-19(28)22(25-21(26)30,14-5-9-16(31-2)10-6-14)15-7-11-17(32-3)12-8-15/h5-12H,4,13H2,1-3H3,(H,25,30)(H2,23,24,27,29). The predicted molar refractivity (Wildman–Crippen MR) is 114 cm³/mol. The van der Waals surface area contributed by atoms with Crippen LogP contribution in [0.15, 0.2) is 48.5 Å². The number of benzene rings is 2.